The highest BCUT2D eigenvalue weighted by atomic mass is 16.5. The summed E-state index contributed by atoms with van der Waals surface area (Å²) in [5, 5.41) is 19.7. The average molecular weight is 483 g/mol. The molecule has 0 bridgehead atoms. The number of Topliss-reactive ketones (excluding diaryl/α,β-unsaturated/α-hetero) is 1. The molecule has 0 heterocycles. The number of ketones is 1. The van der Waals surface area contributed by atoms with Crippen molar-refractivity contribution in [3.63, 3.8) is 0 Å². The predicted molar refractivity (Wildman–Crippen MR) is 136 cm³/mol. The minimum atomic E-state index is -0.728. The topological polar surface area (TPSA) is 93.1 Å². The molecular weight excluding hydrogens is 444 g/mol. The molecule has 1 unspecified atom stereocenters. The predicted octanol–water partition coefficient (Wildman–Crippen LogP) is 5.93. The first-order valence-electron chi connectivity index (χ1n) is 12.8. The van der Waals surface area contributed by atoms with E-state index in [9.17, 15) is 19.8 Å². The standard InChI is InChI=1S/C29H38O6/c1-4-7-23-25-17-20(18-28(31)32)9-10-21(25)11-13-26(23)34-15-6-16-35-27-14-12-22(19(3)30)29(33)24(27)8-5-2/h11-14,20,33H,4-10,15-18H2,1-3H3,(H,31,32). The molecule has 2 N–H and O–H groups in total. The van der Waals surface area contributed by atoms with Gasteiger partial charge >= 0.3 is 5.97 Å². The molecule has 0 aliphatic heterocycles. The van der Waals surface area contributed by atoms with Crippen LogP contribution in [0, 0.1) is 5.92 Å². The van der Waals surface area contributed by atoms with E-state index in [1.807, 2.05) is 6.92 Å². The summed E-state index contributed by atoms with van der Waals surface area (Å²) < 4.78 is 12.1. The first-order valence-corrected chi connectivity index (χ1v) is 12.8. The highest BCUT2D eigenvalue weighted by Gasteiger charge is 2.24. The number of aryl methyl sites for hydroxylation is 1. The Morgan fingerprint density at radius 2 is 1.60 bits per heavy atom. The summed E-state index contributed by atoms with van der Waals surface area (Å²) in [6, 6.07) is 7.57. The van der Waals surface area contributed by atoms with Crippen molar-refractivity contribution in [2.45, 2.75) is 78.6 Å². The van der Waals surface area contributed by atoms with Gasteiger partial charge in [0.15, 0.2) is 5.78 Å². The Morgan fingerprint density at radius 1 is 0.971 bits per heavy atom. The number of aromatic hydroxyl groups is 1. The van der Waals surface area contributed by atoms with Gasteiger partial charge in [-0.1, -0.05) is 32.8 Å². The number of ether oxygens (including phenoxy) is 2. The van der Waals surface area contributed by atoms with Crippen molar-refractivity contribution < 1.29 is 29.3 Å². The van der Waals surface area contributed by atoms with E-state index in [1.165, 1.54) is 23.6 Å². The van der Waals surface area contributed by atoms with Crippen molar-refractivity contribution in [1.82, 2.24) is 0 Å². The molecule has 0 aromatic heterocycles. The van der Waals surface area contributed by atoms with Gasteiger partial charge in [0.1, 0.15) is 17.2 Å². The molecule has 1 aliphatic carbocycles. The number of phenolic OH excluding ortho intramolecular Hbond substituents is 1. The smallest absolute Gasteiger partial charge is 0.303 e. The van der Waals surface area contributed by atoms with E-state index in [0.29, 0.717) is 42.9 Å². The number of rotatable bonds is 13. The molecule has 190 valence electrons. The van der Waals surface area contributed by atoms with Crippen molar-refractivity contribution in [3.8, 4) is 17.2 Å². The number of carbonyl (C=O) groups is 2. The summed E-state index contributed by atoms with van der Waals surface area (Å²) in [7, 11) is 0. The quantitative estimate of drug-likeness (QED) is 0.272. The highest BCUT2D eigenvalue weighted by Crippen LogP contribution is 2.36. The lowest BCUT2D eigenvalue weighted by atomic mass is 9.79. The lowest BCUT2D eigenvalue weighted by Gasteiger charge is -2.27. The van der Waals surface area contributed by atoms with Gasteiger partial charge < -0.3 is 19.7 Å². The molecule has 0 amide bonds. The number of carbonyl (C=O) groups excluding carboxylic acids is 1. The van der Waals surface area contributed by atoms with Gasteiger partial charge in [-0.3, -0.25) is 9.59 Å². The molecule has 1 atom stereocenters. The van der Waals surface area contributed by atoms with Gasteiger partial charge in [-0.2, -0.15) is 0 Å². The van der Waals surface area contributed by atoms with E-state index in [4.69, 9.17) is 9.47 Å². The molecule has 35 heavy (non-hydrogen) atoms. The van der Waals surface area contributed by atoms with Gasteiger partial charge in [0.05, 0.1) is 18.8 Å². The minimum Gasteiger partial charge on any atom is -0.507 e. The number of fused-ring (bicyclic) bond motifs is 1. The van der Waals surface area contributed by atoms with Crippen molar-refractivity contribution in [1.29, 1.82) is 0 Å². The molecule has 0 radical (unpaired) electrons. The van der Waals surface area contributed by atoms with Gasteiger partial charge in [0.2, 0.25) is 0 Å². The normalized spacial score (nSPS) is 14.9. The Hall–Kier alpha value is -3.02. The van der Waals surface area contributed by atoms with Crippen molar-refractivity contribution in [3.05, 3.63) is 52.1 Å². The highest BCUT2D eigenvalue weighted by molar-refractivity contribution is 5.97. The van der Waals surface area contributed by atoms with E-state index in [1.54, 1.807) is 12.1 Å². The van der Waals surface area contributed by atoms with Crippen LogP contribution in [-0.2, 0) is 30.5 Å². The zero-order chi connectivity index (χ0) is 25.4. The van der Waals surface area contributed by atoms with Gasteiger partial charge in [0, 0.05) is 18.4 Å². The molecule has 0 fully saturated rings. The molecule has 0 saturated heterocycles. The molecule has 2 aromatic rings. The zero-order valence-electron chi connectivity index (χ0n) is 21.2. The van der Waals surface area contributed by atoms with E-state index >= 15 is 0 Å². The maximum Gasteiger partial charge on any atom is 0.303 e. The Balaban J connectivity index is 1.63. The summed E-state index contributed by atoms with van der Waals surface area (Å²) in [5.74, 6) is 0.808. The number of hydrogen-bond donors (Lipinski definition) is 2. The fraction of sp³-hybridized carbons (Fsp3) is 0.517. The van der Waals surface area contributed by atoms with Crippen molar-refractivity contribution in [2.24, 2.45) is 5.92 Å². The summed E-state index contributed by atoms with van der Waals surface area (Å²) in [5.41, 5.74) is 4.82. The summed E-state index contributed by atoms with van der Waals surface area (Å²) in [4.78, 5) is 23.0. The van der Waals surface area contributed by atoms with Crippen LogP contribution in [0.5, 0.6) is 17.2 Å². The molecular formula is C29H38O6. The molecule has 6 heteroatoms. The SMILES string of the molecule is CCCc1c(OCCCOc2ccc3c(c2CCC)CC(CC(=O)O)CC3)ccc(C(C)=O)c1O. The van der Waals surface area contributed by atoms with Crippen LogP contribution in [0.2, 0.25) is 0 Å². The van der Waals surface area contributed by atoms with Crippen LogP contribution < -0.4 is 9.47 Å². The molecule has 0 saturated carbocycles. The lowest BCUT2D eigenvalue weighted by molar-refractivity contribution is -0.138. The van der Waals surface area contributed by atoms with Crippen LogP contribution in [0.4, 0.5) is 0 Å². The molecule has 2 aromatic carbocycles. The molecule has 3 rings (SSSR count). The Labute approximate surface area is 208 Å². The van der Waals surface area contributed by atoms with Gasteiger partial charge in [0.25, 0.3) is 0 Å². The maximum absolute atomic E-state index is 11.8. The third kappa shape index (κ3) is 6.77. The Bertz CT molecular complexity index is 1040. The summed E-state index contributed by atoms with van der Waals surface area (Å²) in [6.45, 7) is 6.55. The second-order valence-electron chi connectivity index (χ2n) is 9.43. The van der Waals surface area contributed by atoms with Crippen LogP contribution >= 0.6 is 0 Å². The number of carboxylic acids is 1. The number of benzene rings is 2. The number of carboxylic acid groups (broad SMARTS) is 1. The first-order chi connectivity index (χ1) is 16.8. The van der Waals surface area contributed by atoms with Crippen LogP contribution in [0.3, 0.4) is 0 Å². The maximum atomic E-state index is 11.8. The zero-order valence-corrected chi connectivity index (χ0v) is 21.2. The largest absolute Gasteiger partial charge is 0.507 e. The van der Waals surface area contributed by atoms with Gasteiger partial charge in [-0.15, -0.1) is 0 Å². The summed E-state index contributed by atoms with van der Waals surface area (Å²) >= 11 is 0. The molecule has 0 spiro atoms. The van der Waals surface area contributed by atoms with Crippen molar-refractivity contribution >= 4 is 11.8 Å². The van der Waals surface area contributed by atoms with E-state index in [0.717, 1.165) is 44.3 Å². The number of phenols is 1. The van der Waals surface area contributed by atoms with Crippen LogP contribution in [0.25, 0.3) is 0 Å². The third-order valence-corrected chi connectivity index (χ3v) is 6.69. The van der Waals surface area contributed by atoms with Crippen LogP contribution in [0.15, 0.2) is 24.3 Å². The summed E-state index contributed by atoms with van der Waals surface area (Å²) in [6.07, 6.45) is 6.92. The Kier molecular flexibility index (Phi) is 9.58. The van der Waals surface area contributed by atoms with Gasteiger partial charge in [-0.25, -0.2) is 0 Å². The average Bonchev–Trinajstić information content (AvgIpc) is 2.81. The van der Waals surface area contributed by atoms with Crippen LogP contribution in [-0.4, -0.2) is 35.2 Å². The second-order valence-corrected chi connectivity index (χ2v) is 9.43. The Morgan fingerprint density at radius 3 is 2.23 bits per heavy atom. The second kappa shape index (κ2) is 12.6. The van der Waals surface area contributed by atoms with Crippen LogP contribution in [0.1, 0.15) is 85.5 Å². The van der Waals surface area contributed by atoms with E-state index in [2.05, 4.69) is 19.1 Å². The fourth-order valence-corrected chi connectivity index (χ4v) is 4.99. The first kappa shape index (κ1) is 26.6. The number of hydrogen-bond acceptors (Lipinski definition) is 5. The number of aliphatic carboxylic acids is 1. The van der Waals surface area contributed by atoms with E-state index in [-0.39, 0.29) is 23.9 Å². The lowest BCUT2D eigenvalue weighted by Crippen LogP contribution is -2.19. The minimum absolute atomic E-state index is 0.0209. The van der Waals surface area contributed by atoms with Gasteiger partial charge in [-0.05, 0) is 79.8 Å². The molecule has 1 aliphatic rings. The van der Waals surface area contributed by atoms with E-state index < -0.39 is 5.97 Å². The third-order valence-electron chi connectivity index (χ3n) is 6.69. The monoisotopic (exact) mass is 482 g/mol. The fourth-order valence-electron chi connectivity index (χ4n) is 4.99. The molecule has 6 nitrogen and oxygen atoms in total. The van der Waals surface area contributed by atoms with Crippen molar-refractivity contribution in [2.75, 3.05) is 13.2 Å².